The van der Waals surface area contributed by atoms with Crippen LogP contribution in [-0.4, -0.2) is 35.8 Å². The first-order valence-corrected chi connectivity index (χ1v) is 7.14. The molecule has 2 aliphatic heterocycles. The molecule has 0 aliphatic carbocycles. The van der Waals surface area contributed by atoms with Crippen molar-refractivity contribution in [3.05, 3.63) is 29.8 Å². The molecule has 0 saturated carbocycles. The predicted molar refractivity (Wildman–Crippen MR) is 72.7 cm³/mol. The van der Waals surface area contributed by atoms with Crippen molar-refractivity contribution in [2.24, 2.45) is 0 Å². The van der Waals surface area contributed by atoms with Crippen LogP contribution in [0.15, 0.2) is 18.2 Å². The zero-order valence-corrected chi connectivity index (χ0v) is 11.5. The largest absolute Gasteiger partial charge is 0.292 e. The molecular formula is C15H16F2N2O2. The van der Waals surface area contributed by atoms with Crippen LogP contribution in [-0.2, 0) is 9.59 Å². The summed E-state index contributed by atoms with van der Waals surface area (Å²) >= 11 is 0. The second kappa shape index (κ2) is 5.52. The van der Waals surface area contributed by atoms with E-state index in [1.165, 1.54) is 6.07 Å². The summed E-state index contributed by atoms with van der Waals surface area (Å²) in [4.78, 5) is 27.5. The molecule has 2 amide bonds. The molecule has 0 aromatic heterocycles. The molecule has 0 unspecified atom stereocenters. The van der Waals surface area contributed by atoms with Gasteiger partial charge in [-0.1, -0.05) is 6.42 Å². The number of rotatable bonds is 2. The zero-order valence-electron chi connectivity index (χ0n) is 11.5. The van der Waals surface area contributed by atoms with E-state index in [0.29, 0.717) is 0 Å². The zero-order chi connectivity index (χ0) is 15.0. The van der Waals surface area contributed by atoms with Gasteiger partial charge in [0.05, 0.1) is 18.2 Å². The number of anilines is 1. The van der Waals surface area contributed by atoms with E-state index in [1.54, 1.807) is 0 Å². The molecule has 2 saturated heterocycles. The van der Waals surface area contributed by atoms with Crippen molar-refractivity contribution in [3.63, 3.8) is 0 Å². The lowest BCUT2D eigenvalue weighted by molar-refractivity contribution is -0.123. The maximum atomic E-state index is 13.3. The van der Waals surface area contributed by atoms with E-state index in [0.717, 1.165) is 49.4 Å². The second-order valence-corrected chi connectivity index (χ2v) is 5.48. The molecule has 0 spiro atoms. The van der Waals surface area contributed by atoms with E-state index in [2.05, 4.69) is 0 Å². The van der Waals surface area contributed by atoms with E-state index in [-0.39, 0.29) is 23.9 Å². The van der Waals surface area contributed by atoms with Crippen LogP contribution >= 0.6 is 0 Å². The van der Waals surface area contributed by atoms with E-state index in [1.807, 2.05) is 4.90 Å². The standard InChI is InChI=1S/C15H16F2N2O2/c16-11-5-4-10(8-12(11)17)19-14(20)9-13(15(19)21)18-6-2-1-3-7-18/h4-5,8,13H,1-3,6-7,9H2/t13-/m0/s1. The van der Waals surface area contributed by atoms with Gasteiger partial charge in [0.15, 0.2) is 11.6 Å². The van der Waals surface area contributed by atoms with Gasteiger partial charge in [-0.3, -0.25) is 14.5 Å². The Hall–Kier alpha value is -1.82. The molecule has 2 aliphatic rings. The van der Waals surface area contributed by atoms with Gasteiger partial charge >= 0.3 is 0 Å². The van der Waals surface area contributed by atoms with E-state index >= 15 is 0 Å². The third-order valence-corrected chi connectivity index (χ3v) is 4.12. The topological polar surface area (TPSA) is 40.6 Å². The summed E-state index contributed by atoms with van der Waals surface area (Å²) in [5.74, 6) is -2.76. The highest BCUT2D eigenvalue weighted by molar-refractivity contribution is 6.22. The maximum Gasteiger partial charge on any atom is 0.251 e. The maximum absolute atomic E-state index is 13.3. The molecule has 1 atom stereocenters. The number of amides is 2. The van der Waals surface area contributed by atoms with Crippen molar-refractivity contribution in [2.45, 2.75) is 31.7 Å². The van der Waals surface area contributed by atoms with Crippen molar-refractivity contribution in [1.29, 1.82) is 0 Å². The van der Waals surface area contributed by atoms with Gasteiger partial charge in [-0.2, -0.15) is 0 Å². The molecule has 1 aromatic rings. The summed E-state index contributed by atoms with van der Waals surface area (Å²) in [5, 5.41) is 0. The van der Waals surface area contributed by atoms with E-state index < -0.39 is 17.7 Å². The Morgan fingerprint density at radius 1 is 1.00 bits per heavy atom. The molecule has 21 heavy (non-hydrogen) atoms. The van der Waals surface area contributed by atoms with E-state index in [4.69, 9.17) is 0 Å². The number of nitrogens with zero attached hydrogens (tertiary/aromatic N) is 2. The Kier molecular flexibility index (Phi) is 3.71. The Morgan fingerprint density at radius 3 is 2.38 bits per heavy atom. The molecule has 1 aromatic carbocycles. The third kappa shape index (κ3) is 2.55. The number of piperidine rings is 1. The number of carbonyl (C=O) groups excluding carboxylic acids is 2. The average Bonchev–Trinajstić information content (AvgIpc) is 2.78. The Morgan fingerprint density at radius 2 is 1.71 bits per heavy atom. The highest BCUT2D eigenvalue weighted by atomic mass is 19.2. The smallest absolute Gasteiger partial charge is 0.251 e. The first kappa shape index (κ1) is 14.1. The number of hydrogen-bond acceptors (Lipinski definition) is 3. The fourth-order valence-electron chi connectivity index (χ4n) is 3.03. The monoisotopic (exact) mass is 294 g/mol. The number of carbonyl (C=O) groups is 2. The normalized spacial score (nSPS) is 23.9. The van der Waals surface area contributed by atoms with Crippen LogP contribution in [0.1, 0.15) is 25.7 Å². The lowest BCUT2D eigenvalue weighted by Gasteiger charge is -2.30. The number of likely N-dealkylation sites (tertiary alicyclic amines) is 1. The first-order valence-electron chi connectivity index (χ1n) is 7.14. The van der Waals surface area contributed by atoms with Crippen LogP contribution in [0.3, 0.4) is 0 Å². The summed E-state index contributed by atoms with van der Waals surface area (Å²) < 4.78 is 26.3. The predicted octanol–water partition coefficient (Wildman–Crippen LogP) is 2.08. The summed E-state index contributed by atoms with van der Waals surface area (Å²) in [6.07, 6.45) is 3.28. The van der Waals surface area contributed by atoms with Crippen LogP contribution < -0.4 is 4.90 Å². The summed E-state index contributed by atoms with van der Waals surface area (Å²) in [5.41, 5.74) is 0.100. The number of imide groups is 1. The molecule has 3 rings (SSSR count). The van der Waals surface area contributed by atoms with E-state index in [9.17, 15) is 18.4 Å². The lowest BCUT2D eigenvalue weighted by Crippen LogP contribution is -2.44. The Bertz CT molecular complexity index is 585. The number of hydrogen-bond donors (Lipinski definition) is 0. The highest BCUT2D eigenvalue weighted by Gasteiger charge is 2.42. The van der Waals surface area contributed by atoms with Crippen molar-refractivity contribution in [1.82, 2.24) is 4.90 Å². The fraction of sp³-hybridized carbons (Fsp3) is 0.467. The van der Waals surface area contributed by atoms with Crippen LogP contribution in [0.2, 0.25) is 0 Å². The number of benzene rings is 1. The Labute approximate surface area is 121 Å². The van der Waals surface area contributed by atoms with Gasteiger partial charge in [-0.05, 0) is 38.1 Å². The molecule has 6 heteroatoms. The molecule has 2 heterocycles. The van der Waals surface area contributed by atoms with Gasteiger partial charge < -0.3 is 0 Å². The van der Waals surface area contributed by atoms with Gasteiger partial charge in [0.2, 0.25) is 5.91 Å². The molecule has 0 bridgehead atoms. The fourth-order valence-corrected chi connectivity index (χ4v) is 3.03. The van der Waals surface area contributed by atoms with Gasteiger partial charge in [-0.25, -0.2) is 13.7 Å². The minimum Gasteiger partial charge on any atom is -0.292 e. The van der Waals surface area contributed by atoms with Crippen LogP contribution in [0.5, 0.6) is 0 Å². The van der Waals surface area contributed by atoms with Gasteiger partial charge in [0, 0.05) is 6.07 Å². The van der Waals surface area contributed by atoms with Gasteiger partial charge in [0.1, 0.15) is 0 Å². The minimum absolute atomic E-state index is 0.100. The van der Waals surface area contributed by atoms with Gasteiger partial charge in [-0.15, -0.1) is 0 Å². The molecule has 2 fully saturated rings. The molecular weight excluding hydrogens is 278 g/mol. The third-order valence-electron chi connectivity index (χ3n) is 4.12. The molecule has 0 N–H and O–H groups in total. The van der Waals surface area contributed by atoms with Crippen molar-refractivity contribution in [3.8, 4) is 0 Å². The number of halogens is 2. The van der Waals surface area contributed by atoms with Crippen LogP contribution in [0.4, 0.5) is 14.5 Å². The Balaban J connectivity index is 1.84. The van der Waals surface area contributed by atoms with Crippen molar-refractivity contribution >= 4 is 17.5 Å². The summed E-state index contributed by atoms with van der Waals surface area (Å²) in [6.45, 7) is 1.60. The first-order chi connectivity index (χ1) is 10.1. The molecule has 112 valence electrons. The average molecular weight is 294 g/mol. The molecule has 4 nitrogen and oxygen atoms in total. The van der Waals surface area contributed by atoms with Crippen LogP contribution in [0, 0.1) is 11.6 Å². The van der Waals surface area contributed by atoms with Crippen LogP contribution in [0.25, 0.3) is 0 Å². The van der Waals surface area contributed by atoms with Crippen molar-refractivity contribution in [2.75, 3.05) is 18.0 Å². The lowest BCUT2D eigenvalue weighted by atomic mass is 10.1. The quantitative estimate of drug-likeness (QED) is 0.784. The minimum atomic E-state index is -1.06. The second-order valence-electron chi connectivity index (χ2n) is 5.48. The van der Waals surface area contributed by atoms with Gasteiger partial charge in [0.25, 0.3) is 5.91 Å². The highest BCUT2D eigenvalue weighted by Crippen LogP contribution is 2.28. The SMILES string of the molecule is O=C1C[C@H](N2CCCCC2)C(=O)N1c1ccc(F)c(F)c1. The molecule has 0 radical (unpaired) electrons. The van der Waals surface area contributed by atoms with Crippen molar-refractivity contribution < 1.29 is 18.4 Å². The summed E-state index contributed by atoms with van der Waals surface area (Å²) in [7, 11) is 0. The summed E-state index contributed by atoms with van der Waals surface area (Å²) in [6, 6.07) is 2.61.